The maximum absolute atomic E-state index is 12.6. The third-order valence-electron chi connectivity index (χ3n) is 5.78. The van der Waals surface area contributed by atoms with E-state index >= 15 is 0 Å². The van der Waals surface area contributed by atoms with Crippen LogP contribution in [0.25, 0.3) is 11.1 Å². The van der Waals surface area contributed by atoms with Crippen molar-refractivity contribution in [3.63, 3.8) is 0 Å². The number of aryl methyl sites for hydroxylation is 1. The summed E-state index contributed by atoms with van der Waals surface area (Å²) in [6.07, 6.45) is 0.341. The number of carbonyl (C=O) groups is 2. The van der Waals surface area contributed by atoms with Crippen LogP contribution in [0, 0.1) is 20.8 Å². The summed E-state index contributed by atoms with van der Waals surface area (Å²) in [6.45, 7) is 10.1. The monoisotopic (exact) mass is 395 g/mol. The molecule has 1 N–H and O–H groups in total. The van der Waals surface area contributed by atoms with Gasteiger partial charge in [-0.2, -0.15) is 0 Å². The van der Waals surface area contributed by atoms with Crippen molar-refractivity contribution < 1.29 is 19.4 Å². The molecule has 2 aromatic carbocycles. The zero-order chi connectivity index (χ0) is 21.1. The van der Waals surface area contributed by atoms with Gasteiger partial charge in [-0.15, -0.1) is 0 Å². The van der Waals surface area contributed by atoms with Crippen LogP contribution in [0.2, 0.25) is 0 Å². The van der Waals surface area contributed by atoms with Gasteiger partial charge >= 0.3 is 5.97 Å². The number of ether oxygens (including phenoxy) is 1. The van der Waals surface area contributed by atoms with E-state index in [1.165, 1.54) is 0 Å². The molecule has 1 heterocycles. The summed E-state index contributed by atoms with van der Waals surface area (Å²) in [6, 6.07) is 8.19. The predicted molar refractivity (Wildman–Crippen MR) is 113 cm³/mol. The van der Waals surface area contributed by atoms with Crippen molar-refractivity contribution in [3.05, 3.63) is 57.6 Å². The SMILES string of the molecule is CCOCCC(=O)N1Cc2c(C)c(CC(=O)O)c(-c3ccc(C)cc3)c(C)c2C1. The number of carboxylic acid groups (broad SMARTS) is 1. The van der Waals surface area contributed by atoms with E-state index in [-0.39, 0.29) is 12.3 Å². The van der Waals surface area contributed by atoms with Gasteiger partial charge in [0.25, 0.3) is 0 Å². The second-order valence-electron chi connectivity index (χ2n) is 7.69. The highest BCUT2D eigenvalue weighted by Crippen LogP contribution is 2.39. The maximum Gasteiger partial charge on any atom is 0.307 e. The summed E-state index contributed by atoms with van der Waals surface area (Å²) < 4.78 is 5.32. The molecule has 154 valence electrons. The third kappa shape index (κ3) is 4.35. The van der Waals surface area contributed by atoms with E-state index in [1.54, 1.807) is 0 Å². The molecule has 0 bridgehead atoms. The summed E-state index contributed by atoms with van der Waals surface area (Å²) in [7, 11) is 0. The number of benzene rings is 2. The van der Waals surface area contributed by atoms with E-state index < -0.39 is 5.97 Å². The van der Waals surface area contributed by atoms with Gasteiger partial charge in [0, 0.05) is 19.7 Å². The van der Waals surface area contributed by atoms with Crippen LogP contribution in [0.3, 0.4) is 0 Å². The van der Waals surface area contributed by atoms with E-state index in [2.05, 4.69) is 12.1 Å². The molecule has 3 rings (SSSR count). The molecule has 0 unspecified atom stereocenters. The molecule has 5 nitrogen and oxygen atoms in total. The molecule has 0 fully saturated rings. The molecule has 5 heteroatoms. The van der Waals surface area contributed by atoms with E-state index in [0.29, 0.717) is 32.7 Å². The van der Waals surface area contributed by atoms with Crippen LogP contribution in [0.5, 0.6) is 0 Å². The number of carboxylic acids is 1. The fourth-order valence-corrected chi connectivity index (χ4v) is 4.19. The lowest BCUT2D eigenvalue weighted by molar-refractivity contribution is -0.136. The van der Waals surface area contributed by atoms with Crippen molar-refractivity contribution in [3.8, 4) is 11.1 Å². The Kier molecular flexibility index (Phi) is 6.38. The molecule has 1 aliphatic rings. The lowest BCUT2D eigenvalue weighted by atomic mass is 9.84. The molecule has 0 aromatic heterocycles. The van der Waals surface area contributed by atoms with Crippen molar-refractivity contribution in [1.82, 2.24) is 4.90 Å². The third-order valence-corrected chi connectivity index (χ3v) is 5.78. The van der Waals surface area contributed by atoms with Gasteiger partial charge in [0.15, 0.2) is 0 Å². The number of aliphatic carboxylic acids is 1. The van der Waals surface area contributed by atoms with E-state index in [1.807, 2.05) is 44.7 Å². The van der Waals surface area contributed by atoms with E-state index in [0.717, 1.165) is 44.5 Å². The van der Waals surface area contributed by atoms with Crippen molar-refractivity contribution >= 4 is 11.9 Å². The second-order valence-corrected chi connectivity index (χ2v) is 7.69. The summed E-state index contributed by atoms with van der Waals surface area (Å²) in [5.41, 5.74) is 8.34. The van der Waals surface area contributed by atoms with E-state index in [9.17, 15) is 14.7 Å². The van der Waals surface area contributed by atoms with Gasteiger partial charge in [-0.3, -0.25) is 9.59 Å². The van der Waals surface area contributed by atoms with Crippen LogP contribution in [0.15, 0.2) is 24.3 Å². The molecule has 0 atom stereocenters. The Labute approximate surface area is 172 Å². The molecule has 0 aliphatic carbocycles. The first kappa shape index (κ1) is 21.1. The number of rotatable bonds is 7. The van der Waals surface area contributed by atoms with Gasteiger partial charge in [-0.25, -0.2) is 0 Å². The quantitative estimate of drug-likeness (QED) is 0.715. The van der Waals surface area contributed by atoms with Gasteiger partial charge in [-0.05, 0) is 66.6 Å². The summed E-state index contributed by atoms with van der Waals surface area (Å²) >= 11 is 0. The first-order chi connectivity index (χ1) is 13.8. The number of hydrogen-bond donors (Lipinski definition) is 1. The molecule has 2 aromatic rings. The number of nitrogens with zero attached hydrogens (tertiary/aromatic N) is 1. The molecule has 0 saturated carbocycles. The van der Waals surface area contributed by atoms with Crippen molar-refractivity contribution in [2.24, 2.45) is 0 Å². The smallest absolute Gasteiger partial charge is 0.307 e. The van der Waals surface area contributed by atoms with Crippen molar-refractivity contribution in [2.75, 3.05) is 13.2 Å². The number of fused-ring (bicyclic) bond motifs is 1. The Balaban J connectivity index is 2.03. The fraction of sp³-hybridized carbons (Fsp3) is 0.417. The van der Waals surface area contributed by atoms with Crippen LogP contribution in [0.1, 0.15) is 46.7 Å². The molecular weight excluding hydrogens is 366 g/mol. The normalized spacial score (nSPS) is 12.9. The van der Waals surface area contributed by atoms with Crippen LogP contribution >= 0.6 is 0 Å². The first-order valence-electron chi connectivity index (χ1n) is 10.1. The topological polar surface area (TPSA) is 66.8 Å². The minimum absolute atomic E-state index is 0.0263. The minimum atomic E-state index is -0.844. The number of carbonyl (C=O) groups excluding carboxylic acids is 1. The van der Waals surface area contributed by atoms with Crippen LogP contribution in [-0.2, 0) is 33.8 Å². The maximum atomic E-state index is 12.6. The summed E-state index contributed by atoms with van der Waals surface area (Å²) in [5, 5.41) is 9.53. The Morgan fingerprint density at radius 2 is 1.66 bits per heavy atom. The fourth-order valence-electron chi connectivity index (χ4n) is 4.19. The molecule has 1 amide bonds. The Bertz CT molecular complexity index is 931. The summed E-state index contributed by atoms with van der Waals surface area (Å²) in [5.74, 6) is -0.770. The average molecular weight is 395 g/mol. The standard InChI is InChI=1S/C24H29NO4/c1-5-29-11-10-22(26)25-13-20-16(3)19(12-23(27)28)24(17(4)21(20)14-25)18-8-6-15(2)7-9-18/h6-9H,5,10-14H2,1-4H3,(H,27,28). The molecule has 1 aliphatic heterocycles. The Hall–Kier alpha value is -2.66. The van der Waals surface area contributed by atoms with Crippen molar-refractivity contribution in [2.45, 2.75) is 53.6 Å². The van der Waals surface area contributed by atoms with Gasteiger partial charge in [0.1, 0.15) is 0 Å². The van der Waals surface area contributed by atoms with Gasteiger partial charge < -0.3 is 14.7 Å². The predicted octanol–water partition coefficient (Wildman–Crippen LogP) is 4.17. The molecular formula is C24H29NO4. The van der Waals surface area contributed by atoms with Crippen LogP contribution in [0.4, 0.5) is 0 Å². The zero-order valence-electron chi connectivity index (χ0n) is 17.7. The Morgan fingerprint density at radius 3 is 2.24 bits per heavy atom. The highest BCUT2D eigenvalue weighted by Gasteiger charge is 2.30. The highest BCUT2D eigenvalue weighted by atomic mass is 16.5. The molecule has 0 spiro atoms. The summed E-state index contributed by atoms with van der Waals surface area (Å²) in [4.78, 5) is 26.1. The number of amides is 1. The lowest BCUT2D eigenvalue weighted by Gasteiger charge is -2.19. The van der Waals surface area contributed by atoms with Gasteiger partial charge in [-0.1, -0.05) is 29.8 Å². The Morgan fingerprint density at radius 1 is 1.03 bits per heavy atom. The first-order valence-corrected chi connectivity index (χ1v) is 10.1. The zero-order valence-corrected chi connectivity index (χ0v) is 17.7. The van der Waals surface area contributed by atoms with Crippen molar-refractivity contribution in [1.29, 1.82) is 0 Å². The lowest BCUT2D eigenvalue weighted by Crippen LogP contribution is -2.26. The molecule has 0 saturated heterocycles. The van der Waals surface area contributed by atoms with Gasteiger partial charge in [0.05, 0.1) is 19.4 Å². The van der Waals surface area contributed by atoms with Crippen LogP contribution in [-0.4, -0.2) is 35.1 Å². The average Bonchev–Trinajstić information content (AvgIpc) is 3.13. The highest BCUT2D eigenvalue weighted by molar-refractivity contribution is 5.83. The minimum Gasteiger partial charge on any atom is -0.481 e. The van der Waals surface area contributed by atoms with Crippen LogP contribution < -0.4 is 0 Å². The van der Waals surface area contributed by atoms with E-state index in [4.69, 9.17) is 4.74 Å². The molecule has 0 radical (unpaired) electrons. The number of hydrogen-bond acceptors (Lipinski definition) is 3. The molecule has 29 heavy (non-hydrogen) atoms. The van der Waals surface area contributed by atoms with Gasteiger partial charge in [0.2, 0.25) is 5.91 Å². The largest absolute Gasteiger partial charge is 0.481 e. The second kappa shape index (κ2) is 8.78.